The van der Waals surface area contributed by atoms with Gasteiger partial charge in [-0.2, -0.15) is 5.10 Å². The summed E-state index contributed by atoms with van der Waals surface area (Å²) in [6, 6.07) is 7.56. The molecule has 1 heterocycles. The summed E-state index contributed by atoms with van der Waals surface area (Å²) < 4.78 is 1.69. The second kappa shape index (κ2) is 6.32. The molecule has 2 aromatic rings. The van der Waals surface area contributed by atoms with E-state index < -0.39 is 6.04 Å². The molecular weight excluding hydrogens is 276 g/mol. The average Bonchev–Trinajstić information content (AvgIpc) is 2.85. The van der Waals surface area contributed by atoms with Crippen LogP contribution in [0, 0.1) is 0 Å². The number of nitrogens with zero attached hydrogens (tertiary/aromatic N) is 2. The Bertz CT molecular complexity index is 637. The maximum absolute atomic E-state index is 12.4. The zero-order valence-corrected chi connectivity index (χ0v) is 13.8. The molecule has 118 valence electrons. The third kappa shape index (κ3) is 3.74. The van der Waals surface area contributed by atoms with Gasteiger partial charge in [0.25, 0.3) is 0 Å². The zero-order chi connectivity index (χ0) is 16.3. The Hall–Kier alpha value is -2.14. The first-order valence-electron chi connectivity index (χ1n) is 7.38. The van der Waals surface area contributed by atoms with E-state index in [0.717, 1.165) is 11.3 Å². The third-order valence-electron chi connectivity index (χ3n) is 3.63. The molecule has 0 radical (unpaired) electrons. The molecule has 1 atom stereocenters. The van der Waals surface area contributed by atoms with E-state index in [-0.39, 0.29) is 11.3 Å². The van der Waals surface area contributed by atoms with E-state index >= 15 is 0 Å². The minimum Gasteiger partial charge on any atom is -0.324 e. The lowest BCUT2D eigenvalue weighted by molar-refractivity contribution is -0.118. The van der Waals surface area contributed by atoms with Crippen LogP contribution in [-0.2, 0) is 17.3 Å². The molecule has 0 aliphatic rings. The first-order valence-corrected chi connectivity index (χ1v) is 7.38. The molecule has 0 saturated carbocycles. The van der Waals surface area contributed by atoms with Crippen LogP contribution in [0.15, 0.2) is 36.7 Å². The average molecular weight is 300 g/mol. The minimum absolute atomic E-state index is 0.0981. The fraction of sp³-hybridized carbons (Fsp3) is 0.412. The predicted octanol–water partition coefficient (Wildman–Crippen LogP) is 2.62. The largest absolute Gasteiger partial charge is 0.324 e. The number of hydrogen-bond acceptors (Lipinski definition) is 3. The van der Waals surface area contributed by atoms with Gasteiger partial charge in [0.05, 0.1) is 6.20 Å². The van der Waals surface area contributed by atoms with Gasteiger partial charge >= 0.3 is 0 Å². The molecular formula is C17H24N4O. The number of carbonyl (C=O) groups excluding carboxylic acids is 1. The van der Waals surface area contributed by atoms with Crippen molar-refractivity contribution in [2.24, 2.45) is 7.05 Å². The molecule has 0 saturated heterocycles. The van der Waals surface area contributed by atoms with Crippen LogP contribution in [-0.4, -0.2) is 22.7 Å². The molecule has 0 spiro atoms. The van der Waals surface area contributed by atoms with Gasteiger partial charge in [-0.25, -0.2) is 0 Å². The number of amides is 1. The first kappa shape index (κ1) is 16.2. The van der Waals surface area contributed by atoms with E-state index in [1.807, 2.05) is 37.5 Å². The van der Waals surface area contributed by atoms with Crippen molar-refractivity contribution in [2.45, 2.75) is 32.2 Å². The van der Waals surface area contributed by atoms with Gasteiger partial charge < -0.3 is 10.6 Å². The molecule has 0 aliphatic heterocycles. The van der Waals surface area contributed by atoms with E-state index in [4.69, 9.17) is 0 Å². The maximum atomic E-state index is 12.4. The van der Waals surface area contributed by atoms with Crippen molar-refractivity contribution in [3.05, 3.63) is 47.8 Å². The molecule has 2 rings (SSSR count). The summed E-state index contributed by atoms with van der Waals surface area (Å²) in [6.45, 7) is 6.50. The first-order chi connectivity index (χ1) is 10.3. The van der Waals surface area contributed by atoms with Crippen molar-refractivity contribution in [1.29, 1.82) is 0 Å². The Balaban J connectivity index is 2.10. The van der Waals surface area contributed by atoms with E-state index in [1.165, 1.54) is 5.56 Å². The van der Waals surface area contributed by atoms with Crippen LogP contribution in [0.3, 0.4) is 0 Å². The highest BCUT2D eigenvalue weighted by Gasteiger charge is 2.20. The summed E-state index contributed by atoms with van der Waals surface area (Å²) in [5, 5.41) is 10.1. The summed E-state index contributed by atoms with van der Waals surface area (Å²) in [5.74, 6) is -0.0981. The van der Waals surface area contributed by atoms with Crippen LogP contribution in [0.25, 0.3) is 0 Å². The molecule has 0 bridgehead atoms. The van der Waals surface area contributed by atoms with Crippen molar-refractivity contribution in [3.8, 4) is 0 Å². The van der Waals surface area contributed by atoms with Crippen LogP contribution in [0.5, 0.6) is 0 Å². The van der Waals surface area contributed by atoms with Crippen molar-refractivity contribution in [3.63, 3.8) is 0 Å². The fourth-order valence-electron chi connectivity index (χ4n) is 2.31. The molecule has 1 unspecified atom stereocenters. The van der Waals surface area contributed by atoms with Crippen molar-refractivity contribution in [2.75, 3.05) is 12.4 Å². The second-order valence-corrected chi connectivity index (χ2v) is 6.49. The molecule has 5 heteroatoms. The number of carbonyl (C=O) groups is 1. The van der Waals surface area contributed by atoms with Gasteiger partial charge in [-0.05, 0) is 30.2 Å². The van der Waals surface area contributed by atoms with Gasteiger partial charge in [0.2, 0.25) is 5.91 Å². The van der Waals surface area contributed by atoms with Gasteiger partial charge in [0.15, 0.2) is 0 Å². The SMILES string of the molecule is CNC(C(=O)Nc1ccc(C(C)(C)C)cc1)c1cnn(C)c1. The lowest BCUT2D eigenvalue weighted by Crippen LogP contribution is -2.30. The monoisotopic (exact) mass is 300 g/mol. The number of aromatic nitrogens is 2. The van der Waals surface area contributed by atoms with Crippen LogP contribution in [0.4, 0.5) is 5.69 Å². The maximum Gasteiger partial charge on any atom is 0.246 e. The van der Waals surface area contributed by atoms with Gasteiger partial charge in [-0.1, -0.05) is 32.9 Å². The molecule has 5 nitrogen and oxygen atoms in total. The van der Waals surface area contributed by atoms with Gasteiger partial charge in [0, 0.05) is 24.5 Å². The highest BCUT2D eigenvalue weighted by Crippen LogP contribution is 2.24. The van der Waals surface area contributed by atoms with E-state index in [0.29, 0.717) is 0 Å². The minimum atomic E-state index is -0.420. The van der Waals surface area contributed by atoms with Crippen LogP contribution < -0.4 is 10.6 Å². The number of aryl methyl sites for hydroxylation is 1. The lowest BCUT2D eigenvalue weighted by atomic mass is 9.87. The van der Waals surface area contributed by atoms with Crippen LogP contribution in [0.1, 0.15) is 37.9 Å². The molecule has 0 aliphatic carbocycles. The molecule has 1 amide bonds. The van der Waals surface area contributed by atoms with Crippen LogP contribution in [0.2, 0.25) is 0 Å². The number of benzene rings is 1. The molecule has 22 heavy (non-hydrogen) atoms. The number of anilines is 1. The number of rotatable bonds is 4. The number of hydrogen-bond donors (Lipinski definition) is 2. The lowest BCUT2D eigenvalue weighted by Gasteiger charge is -2.20. The Labute approximate surface area is 131 Å². The van der Waals surface area contributed by atoms with Gasteiger partial charge in [0.1, 0.15) is 6.04 Å². The number of likely N-dealkylation sites (N-methyl/N-ethyl adjacent to an activating group) is 1. The zero-order valence-electron chi connectivity index (χ0n) is 13.8. The topological polar surface area (TPSA) is 59.0 Å². The highest BCUT2D eigenvalue weighted by atomic mass is 16.2. The Morgan fingerprint density at radius 3 is 2.32 bits per heavy atom. The Morgan fingerprint density at radius 2 is 1.86 bits per heavy atom. The van der Waals surface area contributed by atoms with E-state index in [9.17, 15) is 4.79 Å². The highest BCUT2D eigenvalue weighted by molar-refractivity contribution is 5.95. The molecule has 0 fully saturated rings. The Kier molecular flexibility index (Phi) is 4.66. The van der Waals surface area contributed by atoms with Crippen molar-refractivity contribution in [1.82, 2.24) is 15.1 Å². The normalized spacial score (nSPS) is 13.0. The summed E-state index contributed by atoms with van der Waals surface area (Å²) in [5.41, 5.74) is 2.98. The summed E-state index contributed by atoms with van der Waals surface area (Å²) in [6.07, 6.45) is 3.53. The smallest absolute Gasteiger partial charge is 0.246 e. The quantitative estimate of drug-likeness (QED) is 0.912. The number of nitrogens with one attached hydrogen (secondary N) is 2. The Morgan fingerprint density at radius 1 is 1.23 bits per heavy atom. The summed E-state index contributed by atoms with van der Waals surface area (Å²) in [4.78, 5) is 12.4. The summed E-state index contributed by atoms with van der Waals surface area (Å²) in [7, 11) is 3.60. The van der Waals surface area contributed by atoms with Crippen molar-refractivity contribution < 1.29 is 4.79 Å². The third-order valence-corrected chi connectivity index (χ3v) is 3.63. The molecule has 2 N–H and O–H groups in total. The van der Waals surface area contributed by atoms with Crippen molar-refractivity contribution >= 4 is 11.6 Å². The van der Waals surface area contributed by atoms with Gasteiger partial charge in [-0.3, -0.25) is 9.48 Å². The second-order valence-electron chi connectivity index (χ2n) is 6.49. The fourth-order valence-corrected chi connectivity index (χ4v) is 2.31. The molecule has 1 aromatic heterocycles. The summed E-state index contributed by atoms with van der Waals surface area (Å²) >= 11 is 0. The van der Waals surface area contributed by atoms with Gasteiger partial charge in [-0.15, -0.1) is 0 Å². The molecule has 1 aromatic carbocycles. The van der Waals surface area contributed by atoms with Crippen LogP contribution >= 0.6 is 0 Å². The predicted molar refractivity (Wildman–Crippen MR) is 88.8 cm³/mol. The standard InChI is InChI=1S/C17H24N4O/c1-17(2,3)13-6-8-14(9-7-13)20-16(22)15(18-4)12-10-19-21(5)11-12/h6-11,15,18H,1-5H3,(H,20,22). The van der Waals surface area contributed by atoms with E-state index in [1.54, 1.807) is 17.9 Å². The van der Waals surface area contributed by atoms with E-state index in [2.05, 4.69) is 36.5 Å².